The first kappa shape index (κ1) is 26.0. The second-order valence-corrected chi connectivity index (χ2v) is 8.30. The van der Waals surface area contributed by atoms with Crippen molar-refractivity contribution in [1.82, 2.24) is 15.5 Å². The summed E-state index contributed by atoms with van der Waals surface area (Å²) in [6.45, 7) is 6.52. The van der Waals surface area contributed by atoms with Gasteiger partial charge in [0.2, 0.25) is 0 Å². The van der Waals surface area contributed by atoms with Crippen LogP contribution in [0.1, 0.15) is 43.5 Å². The third-order valence-corrected chi connectivity index (χ3v) is 5.34. The van der Waals surface area contributed by atoms with E-state index in [9.17, 15) is 9.59 Å². The number of amidine groups is 1. The third kappa shape index (κ3) is 7.68. The highest BCUT2D eigenvalue weighted by molar-refractivity contribution is 6.39. The van der Waals surface area contributed by atoms with E-state index in [0.29, 0.717) is 48.0 Å². The second kappa shape index (κ2) is 12.7. The van der Waals surface area contributed by atoms with Crippen LogP contribution in [0.4, 0.5) is 0 Å². The minimum absolute atomic E-state index is 0.00920. The Kier molecular flexibility index (Phi) is 9.42. The molecule has 0 aliphatic carbocycles. The van der Waals surface area contributed by atoms with Gasteiger partial charge in [0.05, 0.1) is 18.4 Å². The molecular weight excluding hydrogens is 450 g/mol. The highest BCUT2D eigenvalue weighted by Gasteiger charge is 2.26. The van der Waals surface area contributed by atoms with E-state index >= 15 is 0 Å². The van der Waals surface area contributed by atoms with E-state index < -0.39 is 5.91 Å². The average Bonchev–Trinajstić information content (AvgIpc) is 2.78. The number of allylic oxidation sites excluding steroid dienone is 1. The molecule has 0 spiro atoms. The van der Waals surface area contributed by atoms with Crippen molar-refractivity contribution in [2.45, 2.75) is 39.2 Å². The minimum atomic E-state index is -0.406. The predicted molar refractivity (Wildman–Crippen MR) is 132 cm³/mol. The summed E-state index contributed by atoms with van der Waals surface area (Å²) in [5.41, 5.74) is 0.856. The molecule has 10 heteroatoms. The van der Waals surface area contributed by atoms with Crippen molar-refractivity contribution < 1.29 is 29.2 Å². The van der Waals surface area contributed by atoms with Gasteiger partial charge in [0.25, 0.3) is 11.7 Å². The molecular formula is C25H34N5O5+. The molecule has 1 fully saturated rings. The molecule has 3 rings (SSSR count). The zero-order chi connectivity index (χ0) is 25.2. The molecule has 1 atom stereocenters. The van der Waals surface area contributed by atoms with Gasteiger partial charge in [0.15, 0.2) is 0 Å². The van der Waals surface area contributed by atoms with E-state index in [2.05, 4.69) is 15.6 Å². The lowest BCUT2D eigenvalue weighted by molar-refractivity contribution is -0.127. The average molecular weight is 485 g/mol. The molecule has 0 bridgehead atoms. The van der Waals surface area contributed by atoms with Crippen LogP contribution in [0.5, 0.6) is 11.5 Å². The largest absolute Gasteiger partial charge is 0.488 e. The maximum absolute atomic E-state index is 12.8. The quantitative estimate of drug-likeness (QED) is 0.315. The van der Waals surface area contributed by atoms with Gasteiger partial charge in [-0.1, -0.05) is 0 Å². The number of carbonyl (C=O) groups excluding carboxylic acids is 2. The van der Waals surface area contributed by atoms with Crippen molar-refractivity contribution in [3.8, 4) is 11.5 Å². The normalized spacial score (nSPS) is 16.0. The van der Waals surface area contributed by atoms with Gasteiger partial charge in [0.1, 0.15) is 29.1 Å². The number of carbonyl (C=O) groups is 2. The van der Waals surface area contributed by atoms with Crippen molar-refractivity contribution in [3.05, 3.63) is 48.0 Å². The molecule has 2 amide bonds. The number of nitrogens with two attached hydrogens (primary N) is 1. The predicted octanol–water partition coefficient (Wildman–Crippen LogP) is 0.798. The van der Waals surface area contributed by atoms with Gasteiger partial charge in [0, 0.05) is 57.9 Å². The van der Waals surface area contributed by atoms with Crippen molar-refractivity contribution in [1.29, 1.82) is 0 Å². The number of methoxy groups -OCH3 is 1. The van der Waals surface area contributed by atoms with Crippen LogP contribution in [0.15, 0.2) is 47.4 Å². The SMILES string of the molecule is CCN/C=C\C(=[NH2+])NC(=O)c1cc(OC2=CN=C(C(=O)N3CCC3)CC2)cc(O[C@@H](C)COC)c1. The number of likely N-dealkylation sites (tertiary alicyclic amines) is 1. The summed E-state index contributed by atoms with van der Waals surface area (Å²) >= 11 is 0. The first-order valence-corrected chi connectivity index (χ1v) is 11.8. The Balaban J connectivity index is 1.76. The van der Waals surface area contributed by atoms with Gasteiger partial charge < -0.3 is 24.4 Å². The lowest BCUT2D eigenvalue weighted by Gasteiger charge is -2.31. The molecule has 35 heavy (non-hydrogen) atoms. The number of nitrogens with zero attached hydrogens (tertiary/aromatic N) is 2. The molecule has 0 aromatic heterocycles. The molecule has 0 radical (unpaired) electrons. The molecule has 2 heterocycles. The Morgan fingerprint density at radius 3 is 2.63 bits per heavy atom. The van der Waals surface area contributed by atoms with Gasteiger partial charge in [-0.2, -0.15) is 0 Å². The Morgan fingerprint density at radius 2 is 2.00 bits per heavy atom. The molecule has 1 saturated heterocycles. The lowest BCUT2D eigenvalue weighted by Crippen LogP contribution is -2.49. The Bertz CT molecular complexity index is 1030. The summed E-state index contributed by atoms with van der Waals surface area (Å²) in [4.78, 5) is 31.3. The van der Waals surface area contributed by atoms with Crippen LogP contribution in [-0.2, 0) is 9.53 Å². The first-order chi connectivity index (χ1) is 16.9. The fourth-order valence-electron chi connectivity index (χ4n) is 3.46. The Labute approximate surface area is 205 Å². The Hall–Kier alpha value is -3.66. The summed E-state index contributed by atoms with van der Waals surface area (Å²) in [5.74, 6) is 1.24. The zero-order valence-electron chi connectivity index (χ0n) is 20.5. The third-order valence-electron chi connectivity index (χ3n) is 5.34. The van der Waals surface area contributed by atoms with Crippen LogP contribution in [0, 0.1) is 0 Å². The maximum atomic E-state index is 12.8. The molecule has 2 aliphatic rings. The number of aliphatic imine (C=N–C) groups is 1. The summed E-state index contributed by atoms with van der Waals surface area (Å²) in [6.07, 6.45) is 6.63. The van der Waals surface area contributed by atoms with E-state index in [4.69, 9.17) is 19.6 Å². The van der Waals surface area contributed by atoms with Crippen molar-refractivity contribution in [2.75, 3.05) is 33.4 Å². The smallest absolute Gasteiger partial charge is 0.339 e. The number of hydrogen-bond acceptors (Lipinski definition) is 7. The van der Waals surface area contributed by atoms with Gasteiger partial charge in [-0.05, 0) is 32.4 Å². The van der Waals surface area contributed by atoms with Crippen molar-refractivity contribution in [2.24, 2.45) is 4.99 Å². The molecule has 1 aromatic carbocycles. The van der Waals surface area contributed by atoms with Gasteiger partial charge in [-0.25, -0.2) is 10.1 Å². The van der Waals surface area contributed by atoms with Crippen molar-refractivity contribution in [3.63, 3.8) is 0 Å². The van der Waals surface area contributed by atoms with E-state index in [1.807, 2.05) is 13.8 Å². The van der Waals surface area contributed by atoms with Crippen LogP contribution in [0.2, 0.25) is 0 Å². The Morgan fingerprint density at radius 1 is 1.23 bits per heavy atom. The van der Waals surface area contributed by atoms with E-state index in [1.54, 1.807) is 48.7 Å². The van der Waals surface area contributed by atoms with Crippen molar-refractivity contribution >= 4 is 23.4 Å². The first-order valence-electron chi connectivity index (χ1n) is 11.8. The lowest BCUT2D eigenvalue weighted by atomic mass is 10.1. The second-order valence-electron chi connectivity index (χ2n) is 8.30. The van der Waals surface area contributed by atoms with Crippen LogP contribution in [0.25, 0.3) is 0 Å². The monoisotopic (exact) mass is 484 g/mol. The number of benzene rings is 1. The molecule has 0 unspecified atom stereocenters. The summed E-state index contributed by atoms with van der Waals surface area (Å²) in [7, 11) is 1.59. The van der Waals surface area contributed by atoms with Crippen LogP contribution < -0.4 is 25.5 Å². The van der Waals surface area contributed by atoms with E-state index in [1.165, 1.54) is 0 Å². The van der Waals surface area contributed by atoms with Crippen LogP contribution >= 0.6 is 0 Å². The molecule has 0 saturated carbocycles. The molecule has 4 N–H and O–H groups in total. The zero-order valence-corrected chi connectivity index (χ0v) is 20.5. The van der Waals surface area contributed by atoms with E-state index in [-0.39, 0.29) is 17.8 Å². The summed E-state index contributed by atoms with van der Waals surface area (Å²) < 4.78 is 17.1. The van der Waals surface area contributed by atoms with E-state index in [0.717, 1.165) is 26.1 Å². The van der Waals surface area contributed by atoms with Gasteiger partial charge >= 0.3 is 5.91 Å². The van der Waals surface area contributed by atoms with Gasteiger partial charge in [-0.3, -0.25) is 15.2 Å². The molecule has 1 aromatic rings. The number of nitrogens with one attached hydrogen (secondary N) is 2. The fraction of sp³-hybridized carbons (Fsp3) is 0.440. The molecule has 188 valence electrons. The number of rotatable bonds is 11. The van der Waals surface area contributed by atoms with Gasteiger partial charge in [-0.15, -0.1) is 0 Å². The number of hydrogen-bond donors (Lipinski definition) is 3. The highest BCUT2D eigenvalue weighted by Crippen LogP contribution is 2.27. The standard InChI is InChI=1S/C25H33N5O5/c1-4-27-9-8-23(26)29-24(31)18-12-20(34-17(2)16-33-3)14-21(13-18)35-19-6-7-22(28-15-19)25(32)30-10-5-11-30/h8-9,12-15,17,27H,4-7,10-11,16H2,1-3H3,(H2,26,29,31)/p+1/b9-8-/t17-/m0/s1. The molecule has 10 nitrogen and oxygen atoms in total. The van der Waals surface area contributed by atoms with Crippen LogP contribution in [-0.4, -0.2) is 67.7 Å². The maximum Gasteiger partial charge on any atom is 0.339 e. The topological polar surface area (TPSA) is 127 Å². The molecule has 2 aliphatic heterocycles. The number of ether oxygens (including phenoxy) is 3. The van der Waals surface area contributed by atoms with Crippen LogP contribution in [0.3, 0.4) is 0 Å². The summed E-state index contributed by atoms with van der Waals surface area (Å²) in [6, 6.07) is 4.93. The minimum Gasteiger partial charge on any atom is -0.488 e. The number of amides is 2. The highest BCUT2D eigenvalue weighted by atomic mass is 16.5. The fourth-order valence-corrected chi connectivity index (χ4v) is 3.46. The summed E-state index contributed by atoms with van der Waals surface area (Å²) in [5, 5.41) is 11.5.